The van der Waals surface area contributed by atoms with Crippen molar-refractivity contribution in [3.05, 3.63) is 35.2 Å². The van der Waals surface area contributed by atoms with E-state index in [1.54, 1.807) is 11.0 Å². The number of aromatic nitrogens is 2. The number of halogens is 1. The molecule has 0 aliphatic carbocycles. The van der Waals surface area contributed by atoms with Gasteiger partial charge in [-0.25, -0.2) is 4.79 Å². The molecule has 6 nitrogen and oxygen atoms in total. The van der Waals surface area contributed by atoms with Crippen LogP contribution in [0.4, 0.5) is 4.79 Å². The average Bonchev–Trinajstić information content (AvgIpc) is 2.95. The molecule has 2 rings (SSSR count). The highest BCUT2D eigenvalue weighted by Gasteiger charge is 2.18. The summed E-state index contributed by atoms with van der Waals surface area (Å²) in [5.74, 6) is 0.735. The summed E-state index contributed by atoms with van der Waals surface area (Å²) >= 11 is 6.13. The van der Waals surface area contributed by atoms with Gasteiger partial charge in [0.25, 0.3) is 0 Å². The number of nitrogens with one attached hydrogen (secondary N) is 1. The van der Waals surface area contributed by atoms with Crippen LogP contribution >= 0.6 is 11.6 Å². The molecule has 7 heteroatoms. The van der Waals surface area contributed by atoms with Gasteiger partial charge in [-0.2, -0.15) is 0 Å². The minimum Gasteiger partial charge on any atom is -0.419 e. The van der Waals surface area contributed by atoms with Crippen molar-refractivity contribution in [1.29, 1.82) is 0 Å². The predicted molar refractivity (Wildman–Crippen MR) is 89.1 cm³/mol. The van der Waals surface area contributed by atoms with Crippen LogP contribution in [0.1, 0.15) is 33.1 Å². The van der Waals surface area contributed by atoms with Gasteiger partial charge in [-0.1, -0.05) is 30.7 Å². The second kappa shape index (κ2) is 7.97. The lowest BCUT2D eigenvalue weighted by Crippen LogP contribution is -2.42. The minimum atomic E-state index is -0.139. The van der Waals surface area contributed by atoms with E-state index in [-0.39, 0.29) is 18.6 Å². The van der Waals surface area contributed by atoms with E-state index in [2.05, 4.69) is 15.5 Å². The lowest BCUT2D eigenvalue weighted by Gasteiger charge is -2.22. The maximum Gasteiger partial charge on any atom is 0.318 e. The first-order chi connectivity index (χ1) is 11.0. The Kier molecular flexibility index (Phi) is 5.98. The summed E-state index contributed by atoms with van der Waals surface area (Å²) in [7, 11) is 0. The Balaban J connectivity index is 2.12. The average molecular weight is 337 g/mol. The first-order valence-electron chi connectivity index (χ1n) is 7.64. The maximum absolute atomic E-state index is 12.2. The summed E-state index contributed by atoms with van der Waals surface area (Å²) in [6, 6.07) is 7.20. The Morgan fingerprint density at radius 3 is 2.74 bits per heavy atom. The van der Waals surface area contributed by atoms with Crippen molar-refractivity contribution >= 4 is 17.6 Å². The van der Waals surface area contributed by atoms with Crippen LogP contribution in [-0.2, 0) is 6.54 Å². The van der Waals surface area contributed by atoms with Crippen LogP contribution < -0.4 is 5.32 Å². The van der Waals surface area contributed by atoms with Gasteiger partial charge in [0.1, 0.15) is 6.54 Å². The van der Waals surface area contributed by atoms with Gasteiger partial charge >= 0.3 is 6.03 Å². The molecule has 1 N–H and O–H groups in total. The van der Waals surface area contributed by atoms with E-state index in [0.29, 0.717) is 28.9 Å². The maximum atomic E-state index is 12.2. The number of carbonyl (C=O) groups excluding carboxylic acids is 1. The number of urea groups is 1. The number of rotatable bonds is 6. The molecule has 0 saturated carbocycles. The summed E-state index contributed by atoms with van der Waals surface area (Å²) in [5.41, 5.74) is 0.682. The molecular formula is C16H21ClN4O2. The van der Waals surface area contributed by atoms with E-state index >= 15 is 0 Å². The number of amides is 2. The third-order valence-corrected chi connectivity index (χ3v) is 3.42. The Bertz CT molecular complexity index is 657. The Labute approximate surface area is 140 Å². The number of hydrogen-bond donors (Lipinski definition) is 1. The molecule has 23 heavy (non-hydrogen) atoms. The second-order valence-corrected chi connectivity index (χ2v) is 5.91. The third-order valence-electron chi connectivity index (χ3n) is 3.09. The van der Waals surface area contributed by atoms with Crippen LogP contribution in [-0.4, -0.2) is 33.7 Å². The van der Waals surface area contributed by atoms with Crippen LogP contribution in [0.3, 0.4) is 0 Å². The zero-order valence-corrected chi connectivity index (χ0v) is 14.3. The fraction of sp³-hybridized carbons (Fsp3) is 0.438. The lowest BCUT2D eigenvalue weighted by atomic mass is 10.2. The van der Waals surface area contributed by atoms with Crippen molar-refractivity contribution in [2.75, 3.05) is 6.54 Å². The van der Waals surface area contributed by atoms with E-state index in [9.17, 15) is 4.79 Å². The molecular weight excluding hydrogens is 316 g/mol. The van der Waals surface area contributed by atoms with E-state index in [1.807, 2.05) is 39.0 Å². The Hall–Kier alpha value is -2.08. The molecule has 0 bridgehead atoms. The van der Waals surface area contributed by atoms with Gasteiger partial charge in [0.05, 0.1) is 10.6 Å². The van der Waals surface area contributed by atoms with Crippen molar-refractivity contribution < 1.29 is 9.21 Å². The number of benzene rings is 1. The van der Waals surface area contributed by atoms with Gasteiger partial charge in [0, 0.05) is 12.6 Å². The molecule has 1 heterocycles. The molecule has 0 saturated heterocycles. The molecule has 0 atom stereocenters. The second-order valence-electron chi connectivity index (χ2n) is 5.51. The van der Waals surface area contributed by atoms with E-state index in [1.165, 1.54) is 0 Å². The van der Waals surface area contributed by atoms with Crippen molar-refractivity contribution in [3.63, 3.8) is 0 Å². The van der Waals surface area contributed by atoms with Crippen LogP contribution in [0.5, 0.6) is 0 Å². The fourth-order valence-corrected chi connectivity index (χ4v) is 2.30. The smallest absolute Gasteiger partial charge is 0.318 e. The van der Waals surface area contributed by atoms with Gasteiger partial charge < -0.3 is 14.6 Å². The minimum absolute atomic E-state index is 0.0724. The first kappa shape index (κ1) is 17.3. The number of nitrogens with zero attached hydrogens (tertiary/aromatic N) is 3. The fourth-order valence-electron chi connectivity index (χ4n) is 2.08. The third kappa shape index (κ3) is 4.69. The van der Waals surface area contributed by atoms with Gasteiger partial charge in [-0.3, -0.25) is 0 Å². The zero-order valence-electron chi connectivity index (χ0n) is 13.5. The summed E-state index contributed by atoms with van der Waals surface area (Å²) < 4.78 is 5.65. The van der Waals surface area contributed by atoms with Crippen molar-refractivity contribution in [2.24, 2.45) is 0 Å². The highest BCUT2D eigenvalue weighted by atomic mass is 35.5. The molecule has 2 amide bonds. The predicted octanol–water partition coefficient (Wildman–Crippen LogP) is 3.72. The summed E-state index contributed by atoms with van der Waals surface area (Å²) in [6.45, 7) is 6.74. The molecule has 1 aromatic carbocycles. The van der Waals surface area contributed by atoms with E-state index < -0.39 is 0 Å². The van der Waals surface area contributed by atoms with Crippen LogP contribution in [0.15, 0.2) is 28.7 Å². The van der Waals surface area contributed by atoms with Crippen LogP contribution in [0.25, 0.3) is 11.5 Å². The molecule has 0 radical (unpaired) electrons. The topological polar surface area (TPSA) is 71.3 Å². The zero-order chi connectivity index (χ0) is 16.8. The largest absolute Gasteiger partial charge is 0.419 e. The number of carbonyl (C=O) groups is 1. The first-order valence-corrected chi connectivity index (χ1v) is 8.01. The van der Waals surface area contributed by atoms with Crippen molar-refractivity contribution in [3.8, 4) is 11.5 Å². The molecule has 0 aliphatic rings. The van der Waals surface area contributed by atoms with E-state index in [0.717, 1.165) is 6.42 Å². The molecule has 2 aromatic rings. The number of hydrogen-bond acceptors (Lipinski definition) is 4. The summed E-state index contributed by atoms with van der Waals surface area (Å²) in [4.78, 5) is 13.8. The normalized spacial score (nSPS) is 10.8. The molecule has 1 aromatic heterocycles. The molecule has 0 unspecified atom stereocenters. The van der Waals surface area contributed by atoms with Gasteiger partial charge in [-0.15, -0.1) is 10.2 Å². The lowest BCUT2D eigenvalue weighted by molar-refractivity contribution is 0.187. The van der Waals surface area contributed by atoms with Crippen molar-refractivity contribution in [1.82, 2.24) is 20.4 Å². The van der Waals surface area contributed by atoms with E-state index in [4.69, 9.17) is 16.0 Å². The van der Waals surface area contributed by atoms with Gasteiger partial charge in [0.15, 0.2) is 0 Å². The molecule has 0 fully saturated rings. The monoisotopic (exact) mass is 336 g/mol. The Morgan fingerprint density at radius 1 is 1.35 bits per heavy atom. The molecule has 0 spiro atoms. The van der Waals surface area contributed by atoms with Crippen LogP contribution in [0.2, 0.25) is 5.02 Å². The molecule has 124 valence electrons. The van der Waals surface area contributed by atoms with Gasteiger partial charge in [0.2, 0.25) is 11.8 Å². The summed E-state index contributed by atoms with van der Waals surface area (Å²) in [6.07, 6.45) is 0.844. The van der Waals surface area contributed by atoms with Crippen molar-refractivity contribution in [2.45, 2.75) is 39.8 Å². The van der Waals surface area contributed by atoms with Gasteiger partial charge in [-0.05, 0) is 32.4 Å². The summed E-state index contributed by atoms with van der Waals surface area (Å²) in [5, 5.41) is 11.5. The molecule has 0 aliphatic heterocycles. The standard InChI is InChI=1S/C16H21ClN4O2/c1-4-9-21(16(22)18-11(2)3)10-14-19-20-15(23-14)12-7-5-6-8-13(12)17/h5-8,11H,4,9-10H2,1-3H3,(H,18,22). The van der Waals surface area contributed by atoms with Crippen LogP contribution in [0, 0.1) is 0 Å². The quantitative estimate of drug-likeness (QED) is 0.872. The highest BCUT2D eigenvalue weighted by Crippen LogP contribution is 2.26. The Morgan fingerprint density at radius 2 is 2.09 bits per heavy atom. The highest BCUT2D eigenvalue weighted by molar-refractivity contribution is 6.33. The SMILES string of the molecule is CCCN(Cc1nnc(-c2ccccc2Cl)o1)C(=O)NC(C)C.